The average molecular weight is 219 g/mol. The Kier molecular flexibility index (Phi) is 4.75. The van der Waals surface area contributed by atoms with E-state index in [1.807, 2.05) is 24.3 Å². The number of methoxy groups -OCH3 is 1. The fourth-order valence-corrected chi connectivity index (χ4v) is 2.15. The summed E-state index contributed by atoms with van der Waals surface area (Å²) in [6.45, 7) is 0. The summed E-state index contributed by atoms with van der Waals surface area (Å²) in [4.78, 5) is 1.17. The molecule has 0 saturated carbocycles. The summed E-state index contributed by atoms with van der Waals surface area (Å²) in [6.07, 6.45) is 0. The standard InChI is InChI=1S/C7H9NOS3/c1-9-6-2-4-7(5-3-6)11-12-8-10/h2-5,8,10H,1H3. The third-order valence-corrected chi connectivity index (χ3v) is 3.58. The lowest BCUT2D eigenvalue weighted by atomic mass is 10.3. The van der Waals surface area contributed by atoms with Gasteiger partial charge in [0.1, 0.15) is 5.75 Å². The molecule has 0 aromatic heterocycles. The highest BCUT2D eigenvalue weighted by Crippen LogP contribution is 2.29. The molecular weight excluding hydrogens is 210 g/mol. The summed E-state index contributed by atoms with van der Waals surface area (Å²) in [5, 5.41) is 0. The van der Waals surface area contributed by atoms with Gasteiger partial charge < -0.3 is 4.74 Å². The molecule has 0 heterocycles. The molecule has 0 saturated heterocycles. The number of hydrogen-bond donors (Lipinski definition) is 2. The quantitative estimate of drug-likeness (QED) is 0.461. The van der Waals surface area contributed by atoms with Crippen LogP contribution in [0.15, 0.2) is 29.2 Å². The molecule has 5 heteroatoms. The average Bonchev–Trinajstić information content (AvgIpc) is 2.15. The van der Waals surface area contributed by atoms with Gasteiger partial charge in [0, 0.05) is 15.9 Å². The summed E-state index contributed by atoms with van der Waals surface area (Å²) in [7, 11) is 4.74. The van der Waals surface area contributed by atoms with Gasteiger partial charge in [0.15, 0.2) is 0 Å². The van der Waals surface area contributed by atoms with E-state index < -0.39 is 0 Å². The third-order valence-electron chi connectivity index (χ3n) is 1.23. The first-order chi connectivity index (χ1) is 5.86. The molecule has 0 amide bonds. The van der Waals surface area contributed by atoms with Crippen LogP contribution in [-0.2, 0) is 0 Å². The van der Waals surface area contributed by atoms with Gasteiger partial charge >= 0.3 is 0 Å². The highest BCUT2D eigenvalue weighted by molar-refractivity contribution is 8.76. The zero-order valence-electron chi connectivity index (χ0n) is 6.48. The van der Waals surface area contributed by atoms with Crippen molar-refractivity contribution in [3.8, 4) is 5.75 Å². The Bertz CT molecular complexity index is 227. The number of benzene rings is 1. The lowest BCUT2D eigenvalue weighted by Gasteiger charge is -2.00. The van der Waals surface area contributed by atoms with Gasteiger partial charge in [-0.3, -0.25) is 0 Å². The molecule has 0 aliphatic carbocycles. The van der Waals surface area contributed by atoms with Crippen LogP contribution >= 0.6 is 34.6 Å². The van der Waals surface area contributed by atoms with Gasteiger partial charge in [-0.15, -0.1) is 0 Å². The smallest absolute Gasteiger partial charge is 0.118 e. The molecule has 0 atom stereocenters. The highest BCUT2D eigenvalue weighted by Gasteiger charge is 1.94. The van der Waals surface area contributed by atoms with Crippen LogP contribution in [-0.4, -0.2) is 7.11 Å². The minimum absolute atomic E-state index is 0.878. The molecule has 0 aliphatic heterocycles. The molecule has 2 nitrogen and oxygen atoms in total. The Hall–Kier alpha value is 0.0300. The zero-order valence-corrected chi connectivity index (χ0v) is 9.01. The van der Waals surface area contributed by atoms with Gasteiger partial charge in [-0.2, -0.15) is 0 Å². The van der Waals surface area contributed by atoms with E-state index in [4.69, 9.17) is 4.74 Å². The molecule has 0 radical (unpaired) electrons. The van der Waals surface area contributed by atoms with Crippen LogP contribution in [0.25, 0.3) is 0 Å². The topological polar surface area (TPSA) is 21.3 Å². The Labute approximate surface area is 85.5 Å². The molecule has 0 fully saturated rings. The Morgan fingerprint density at radius 1 is 1.33 bits per heavy atom. The molecule has 0 spiro atoms. The summed E-state index contributed by atoms with van der Waals surface area (Å²) < 4.78 is 7.71. The van der Waals surface area contributed by atoms with E-state index in [1.54, 1.807) is 17.9 Å². The van der Waals surface area contributed by atoms with Gasteiger partial charge in [-0.25, -0.2) is 4.13 Å². The zero-order chi connectivity index (χ0) is 8.81. The highest BCUT2D eigenvalue weighted by atomic mass is 33.1. The van der Waals surface area contributed by atoms with E-state index >= 15 is 0 Å². The van der Waals surface area contributed by atoms with Gasteiger partial charge in [0.2, 0.25) is 0 Å². The van der Waals surface area contributed by atoms with E-state index in [0.29, 0.717) is 0 Å². The van der Waals surface area contributed by atoms with Crippen molar-refractivity contribution in [1.29, 1.82) is 0 Å². The van der Waals surface area contributed by atoms with Crippen LogP contribution in [0.4, 0.5) is 0 Å². The maximum Gasteiger partial charge on any atom is 0.118 e. The minimum Gasteiger partial charge on any atom is -0.497 e. The summed E-state index contributed by atoms with van der Waals surface area (Å²) >= 11 is 3.86. The second-order valence-electron chi connectivity index (χ2n) is 1.93. The van der Waals surface area contributed by atoms with Crippen LogP contribution in [0.1, 0.15) is 0 Å². The lowest BCUT2D eigenvalue weighted by molar-refractivity contribution is 0.414. The van der Waals surface area contributed by atoms with Crippen molar-refractivity contribution in [2.45, 2.75) is 4.90 Å². The number of thiol groups is 1. The fourth-order valence-electron chi connectivity index (χ4n) is 0.698. The van der Waals surface area contributed by atoms with Gasteiger partial charge in [-0.05, 0) is 35.1 Å². The van der Waals surface area contributed by atoms with Crippen molar-refractivity contribution < 1.29 is 4.74 Å². The van der Waals surface area contributed by atoms with Crippen molar-refractivity contribution in [3.05, 3.63) is 24.3 Å². The lowest BCUT2D eigenvalue weighted by Crippen LogP contribution is -1.81. The molecule has 0 aliphatic rings. The van der Waals surface area contributed by atoms with Gasteiger partial charge in [0.05, 0.1) is 7.11 Å². The molecule has 1 aromatic carbocycles. The van der Waals surface area contributed by atoms with E-state index in [2.05, 4.69) is 16.9 Å². The Morgan fingerprint density at radius 2 is 2.00 bits per heavy atom. The minimum atomic E-state index is 0.878. The first-order valence-electron chi connectivity index (χ1n) is 3.23. The predicted molar refractivity (Wildman–Crippen MR) is 58.6 cm³/mol. The number of hydrogen-bond acceptors (Lipinski definition) is 5. The maximum atomic E-state index is 5.03. The second kappa shape index (κ2) is 5.64. The van der Waals surface area contributed by atoms with Crippen LogP contribution in [0.5, 0.6) is 5.75 Å². The van der Waals surface area contributed by atoms with Crippen LogP contribution in [0, 0.1) is 0 Å². The largest absolute Gasteiger partial charge is 0.497 e. The van der Waals surface area contributed by atoms with Crippen molar-refractivity contribution >= 4 is 34.6 Å². The number of nitrogens with one attached hydrogen (secondary N) is 1. The monoisotopic (exact) mass is 219 g/mol. The normalized spacial score (nSPS) is 9.83. The molecule has 1 aromatic rings. The van der Waals surface area contributed by atoms with Crippen molar-refractivity contribution in [2.24, 2.45) is 0 Å². The number of rotatable bonds is 4. The summed E-state index contributed by atoms with van der Waals surface area (Å²) in [6, 6.07) is 7.87. The molecule has 0 bridgehead atoms. The predicted octanol–water partition coefficient (Wildman–Crippen LogP) is 2.78. The van der Waals surface area contributed by atoms with E-state index in [0.717, 1.165) is 5.75 Å². The van der Waals surface area contributed by atoms with E-state index in [-0.39, 0.29) is 0 Å². The third kappa shape index (κ3) is 3.18. The fraction of sp³-hybridized carbons (Fsp3) is 0.143. The van der Waals surface area contributed by atoms with Crippen LogP contribution in [0.3, 0.4) is 0 Å². The van der Waals surface area contributed by atoms with Crippen LogP contribution < -0.4 is 8.86 Å². The molecule has 1 rings (SSSR count). The van der Waals surface area contributed by atoms with Crippen molar-refractivity contribution in [2.75, 3.05) is 7.11 Å². The van der Waals surface area contributed by atoms with Gasteiger partial charge in [0.25, 0.3) is 0 Å². The van der Waals surface area contributed by atoms with E-state index in [9.17, 15) is 0 Å². The molecule has 66 valence electrons. The first-order valence-corrected chi connectivity index (χ1v) is 5.83. The van der Waals surface area contributed by atoms with E-state index in [1.165, 1.54) is 15.9 Å². The summed E-state index contributed by atoms with van der Waals surface area (Å²) in [5.74, 6) is 0.878. The molecule has 0 unspecified atom stereocenters. The van der Waals surface area contributed by atoms with Crippen molar-refractivity contribution in [3.63, 3.8) is 0 Å². The second-order valence-corrected chi connectivity index (χ2v) is 4.47. The Balaban J connectivity index is 2.53. The van der Waals surface area contributed by atoms with Gasteiger partial charge in [-0.1, -0.05) is 12.8 Å². The first kappa shape index (κ1) is 10.1. The molecule has 12 heavy (non-hydrogen) atoms. The number of ether oxygens (including phenoxy) is 1. The summed E-state index contributed by atoms with van der Waals surface area (Å²) in [5.41, 5.74) is 0. The van der Waals surface area contributed by atoms with Crippen molar-refractivity contribution in [1.82, 2.24) is 4.13 Å². The molecule has 1 N–H and O–H groups in total. The maximum absolute atomic E-state index is 5.03. The Morgan fingerprint density at radius 3 is 2.50 bits per heavy atom. The molecular formula is C7H9NOS3. The van der Waals surface area contributed by atoms with Crippen LogP contribution in [0.2, 0.25) is 0 Å². The SMILES string of the molecule is COc1ccc(SSNS)cc1.